The number of allylic oxidation sites excluding steroid dienone is 1. The first-order chi connectivity index (χ1) is 11.4. The molecule has 2 aliphatic heterocycles. The quantitative estimate of drug-likeness (QED) is 0.795. The fourth-order valence-corrected chi connectivity index (χ4v) is 3.74. The van der Waals surface area contributed by atoms with Gasteiger partial charge in [0.2, 0.25) is 0 Å². The molecule has 24 heavy (non-hydrogen) atoms. The molecule has 3 rings (SSSR count). The second-order valence-corrected chi connectivity index (χ2v) is 6.47. The zero-order chi connectivity index (χ0) is 17.3. The molecule has 1 N–H and O–H groups in total. The number of nitrogens with zero attached hydrogens (tertiary/aromatic N) is 1. The number of ether oxygens (including phenoxy) is 1. The molecule has 1 aromatic carbocycles. The van der Waals surface area contributed by atoms with E-state index in [-0.39, 0.29) is 6.61 Å². The summed E-state index contributed by atoms with van der Waals surface area (Å²) in [6.45, 7) is 0.216. The molecule has 0 saturated heterocycles. The first-order valence-electron chi connectivity index (χ1n) is 7.08. The predicted molar refractivity (Wildman–Crippen MR) is 87.4 cm³/mol. The number of β-amino-alcohol motifs (C(OH)–C–C–N with tert-alkyl or cyclic N) is 1. The van der Waals surface area contributed by atoms with E-state index >= 15 is 0 Å². The minimum absolute atomic E-state index is 0.0860. The van der Waals surface area contributed by atoms with Gasteiger partial charge in [-0.15, -0.1) is 11.8 Å². The Balaban J connectivity index is 1.85. The number of halogens is 4. The third kappa shape index (κ3) is 3.43. The highest BCUT2D eigenvalue weighted by Crippen LogP contribution is 2.44. The molecule has 1 aromatic rings. The zero-order valence-electron chi connectivity index (χ0n) is 12.3. The van der Waals surface area contributed by atoms with Crippen LogP contribution < -0.4 is 4.74 Å². The van der Waals surface area contributed by atoms with Crippen molar-refractivity contribution in [3.63, 3.8) is 0 Å². The normalized spacial score (nSPS) is 17.6. The van der Waals surface area contributed by atoms with Crippen molar-refractivity contribution in [3.05, 3.63) is 63.5 Å². The van der Waals surface area contributed by atoms with Crippen molar-refractivity contribution in [2.45, 2.75) is 6.18 Å². The van der Waals surface area contributed by atoms with E-state index in [0.29, 0.717) is 23.2 Å². The van der Waals surface area contributed by atoms with Crippen LogP contribution in [0.5, 0.6) is 5.75 Å². The third-order valence-corrected chi connectivity index (χ3v) is 5.04. The van der Waals surface area contributed by atoms with Crippen LogP contribution >= 0.6 is 23.4 Å². The molecule has 0 bridgehead atoms. The second kappa shape index (κ2) is 6.74. The Morgan fingerprint density at radius 1 is 1.25 bits per heavy atom. The number of hydrogen-bond donors (Lipinski definition) is 1. The summed E-state index contributed by atoms with van der Waals surface area (Å²) in [7, 11) is 0. The Bertz CT molecular complexity index is 726. The van der Waals surface area contributed by atoms with Crippen LogP contribution in [0, 0.1) is 0 Å². The lowest BCUT2D eigenvalue weighted by molar-refractivity contribution is -0.137. The lowest BCUT2D eigenvalue weighted by Crippen LogP contribution is -2.24. The van der Waals surface area contributed by atoms with Crippen LogP contribution in [-0.2, 0) is 6.18 Å². The van der Waals surface area contributed by atoms with E-state index in [4.69, 9.17) is 21.4 Å². The lowest BCUT2D eigenvalue weighted by atomic mass is 10.1. The number of thioether (sulfide) groups is 1. The smallest absolute Gasteiger partial charge is 0.416 e. The maximum absolute atomic E-state index is 12.6. The number of alkyl halides is 3. The molecule has 8 heteroatoms. The molecule has 0 spiro atoms. The van der Waals surface area contributed by atoms with Crippen LogP contribution in [0.3, 0.4) is 0 Å². The SMILES string of the molecule is OCCN1C=C(Oc2ccc(C(F)(F)F)cc2)C2=CCSC2=C1Cl. The van der Waals surface area contributed by atoms with Gasteiger partial charge in [-0.2, -0.15) is 13.2 Å². The number of hydrogen-bond acceptors (Lipinski definition) is 4. The lowest BCUT2D eigenvalue weighted by Gasteiger charge is -2.27. The summed E-state index contributed by atoms with van der Waals surface area (Å²) in [5, 5.41) is 9.65. The van der Waals surface area contributed by atoms with Gasteiger partial charge in [-0.25, -0.2) is 0 Å². The van der Waals surface area contributed by atoms with Crippen molar-refractivity contribution in [2.24, 2.45) is 0 Å². The van der Waals surface area contributed by atoms with E-state index in [2.05, 4.69) is 0 Å². The van der Waals surface area contributed by atoms with Crippen LogP contribution in [0.4, 0.5) is 13.2 Å². The Kier molecular flexibility index (Phi) is 4.85. The van der Waals surface area contributed by atoms with Crippen LogP contribution in [0.2, 0.25) is 0 Å². The Labute approximate surface area is 146 Å². The van der Waals surface area contributed by atoms with Gasteiger partial charge >= 0.3 is 6.18 Å². The number of aliphatic hydroxyl groups excluding tert-OH is 1. The summed E-state index contributed by atoms with van der Waals surface area (Å²) in [5.74, 6) is 1.53. The molecule has 0 radical (unpaired) electrons. The van der Waals surface area contributed by atoms with Crippen molar-refractivity contribution in [3.8, 4) is 5.75 Å². The van der Waals surface area contributed by atoms with Crippen LogP contribution in [0.25, 0.3) is 0 Å². The molecule has 0 aliphatic carbocycles. The molecule has 0 atom stereocenters. The Hall–Kier alpha value is -1.57. The number of fused-ring (bicyclic) bond motifs is 1. The van der Waals surface area contributed by atoms with E-state index in [0.717, 1.165) is 28.4 Å². The van der Waals surface area contributed by atoms with Gasteiger partial charge in [0, 0.05) is 24.1 Å². The summed E-state index contributed by atoms with van der Waals surface area (Å²) in [4.78, 5) is 2.50. The predicted octanol–water partition coefficient (Wildman–Crippen LogP) is 4.31. The topological polar surface area (TPSA) is 32.7 Å². The summed E-state index contributed by atoms with van der Waals surface area (Å²) >= 11 is 7.86. The van der Waals surface area contributed by atoms with Crippen molar-refractivity contribution >= 4 is 23.4 Å². The van der Waals surface area contributed by atoms with Gasteiger partial charge in [0.15, 0.2) is 5.76 Å². The summed E-state index contributed by atoms with van der Waals surface area (Å²) in [6, 6.07) is 4.52. The standard InChI is InChI=1S/C16H13ClF3NO2S/c17-15-14-12(5-8-24-14)13(9-21(15)6-7-22)23-11-3-1-10(2-4-11)16(18,19)20/h1-5,9,22H,6-8H2. The number of aliphatic hydroxyl groups is 1. The van der Waals surface area contributed by atoms with E-state index < -0.39 is 11.7 Å². The molecule has 2 aliphatic rings. The molecule has 0 amide bonds. The molecule has 0 aromatic heterocycles. The van der Waals surface area contributed by atoms with Gasteiger partial charge in [-0.1, -0.05) is 17.7 Å². The van der Waals surface area contributed by atoms with Gasteiger partial charge < -0.3 is 14.7 Å². The van der Waals surface area contributed by atoms with Crippen LogP contribution in [0.1, 0.15) is 5.56 Å². The highest BCUT2D eigenvalue weighted by Gasteiger charge is 2.31. The van der Waals surface area contributed by atoms with Gasteiger partial charge in [0.25, 0.3) is 0 Å². The van der Waals surface area contributed by atoms with Gasteiger partial charge in [0.1, 0.15) is 10.9 Å². The largest absolute Gasteiger partial charge is 0.455 e. The van der Waals surface area contributed by atoms with Gasteiger partial charge in [0.05, 0.1) is 17.1 Å². The monoisotopic (exact) mass is 375 g/mol. The molecule has 2 heterocycles. The fraction of sp³-hybridized carbons (Fsp3) is 0.250. The first-order valence-corrected chi connectivity index (χ1v) is 8.44. The summed E-state index contributed by atoms with van der Waals surface area (Å²) < 4.78 is 43.6. The molecular weight excluding hydrogens is 363 g/mol. The third-order valence-electron chi connectivity index (χ3n) is 3.49. The average Bonchev–Trinajstić information content (AvgIpc) is 3.02. The highest BCUT2D eigenvalue weighted by atomic mass is 35.5. The fourth-order valence-electron chi connectivity index (χ4n) is 2.35. The van der Waals surface area contributed by atoms with E-state index in [1.807, 2.05) is 6.08 Å². The maximum atomic E-state index is 12.6. The van der Waals surface area contributed by atoms with Crippen LogP contribution in [-0.4, -0.2) is 28.9 Å². The molecular formula is C16H13ClF3NO2S. The van der Waals surface area contributed by atoms with Gasteiger partial charge in [-0.3, -0.25) is 0 Å². The highest BCUT2D eigenvalue weighted by molar-refractivity contribution is 8.03. The van der Waals surface area contributed by atoms with Crippen molar-refractivity contribution in [2.75, 3.05) is 18.9 Å². The van der Waals surface area contributed by atoms with E-state index in [9.17, 15) is 13.2 Å². The van der Waals surface area contributed by atoms with Crippen molar-refractivity contribution in [1.82, 2.24) is 4.90 Å². The van der Waals surface area contributed by atoms with E-state index in [1.54, 1.807) is 22.9 Å². The number of benzene rings is 1. The molecule has 128 valence electrons. The Morgan fingerprint density at radius 2 is 1.96 bits per heavy atom. The Morgan fingerprint density at radius 3 is 2.58 bits per heavy atom. The van der Waals surface area contributed by atoms with E-state index in [1.165, 1.54) is 12.1 Å². The first kappa shape index (κ1) is 17.3. The molecule has 0 saturated carbocycles. The molecule has 0 fully saturated rings. The van der Waals surface area contributed by atoms with Gasteiger partial charge in [-0.05, 0) is 24.3 Å². The summed E-state index contributed by atoms with van der Waals surface area (Å²) in [5.41, 5.74) is 0.0905. The average molecular weight is 376 g/mol. The van der Waals surface area contributed by atoms with Crippen molar-refractivity contribution in [1.29, 1.82) is 0 Å². The summed E-state index contributed by atoms with van der Waals surface area (Å²) in [6.07, 6.45) is -0.777. The number of rotatable bonds is 4. The zero-order valence-corrected chi connectivity index (χ0v) is 13.9. The molecule has 3 nitrogen and oxygen atoms in total. The minimum atomic E-state index is -4.38. The maximum Gasteiger partial charge on any atom is 0.416 e. The van der Waals surface area contributed by atoms with Crippen LogP contribution in [0.15, 0.2) is 57.9 Å². The second-order valence-electron chi connectivity index (χ2n) is 5.08. The molecule has 0 unspecified atom stereocenters. The van der Waals surface area contributed by atoms with Crippen molar-refractivity contribution < 1.29 is 23.0 Å². The minimum Gasteiger partial charge on any atom is -0.455 e.